The van der Waals surface area contributed by atoms with Crippen LogP contribution in [-0.4, -0.2) is 65.4 Å². The summed E-state index contributed by atoms with van der Waals surface area (Å²) in [6.45, 7) is 14.7. The van der Waals surface area contributed by atoms with Gasteiger partial charge < -0.3 is 28.0 Å². The van der Waals surface area contributed by atoms with Crippen LogP contribution in [0, 0.1) is 36.0 Å². The molecule has 0 radical (unpaired) electrons. The predicted molar refractivity (Wildman–Crippen MR) is 224 cm³/mol. The van der Waals surface area contributed by atoms with E-state index < -0.39 is 43.3 Å². The average molecular weight is 813 g/mol. The summed E-state index contributed by atoms with van der Waals surface area (Å²) in [5, 5.41) is 9.49. The van der Waals surface area contributed by atoms with E-state index in [0.717, 1.165) is 23.1 Å². The lowest BCUT2D eigenvalue weighted by Gasteiger charge is -2.49. The van der Waals surface area contributed by atoms with Gasteiger partial charge in [-0.05, 0) is 93.8 Å². The Morgan fingerprint density at radius 2 is 1.50 bits per heavy atom. The fourth-order valence-corrected chi connectivity index (χ4v) is 10.7. The predicted octanol–water partition coefficient (Wildman–Crippen LogP) is 8.09. The fraction of sp³-hybridized carbons (Fsp3) is 0.489. The van der Waals surface area contributed by atoms with E-state index in [-0.39, 0.29) is 49.5 Å². The molecule has 2 heterocycles. The molecule has 12 nitrogen and oxygen atoms in total. The van der Waals surface area contributed by atoms with E-state index >= 15 is 0 Å². The van der Waals surface area contributed by atoms with Crippen LogP contribution < -0.4 is 20.7 Å². The van der Waals surface area contributed by atoms with Crippen LogP contribution in [-0.2, 0) is 24.1 Å². The second-order valence-corrected chi connectivity index (χ2v) is 17.4. The number of hydrogen-bond acceptors (Lipinski definition) is 10. The number of aromatic amines is 1. The van der Waals surface area contributed by atoms with Gasteiger partial charge in [0.1, 0.15) is 35.0 Å². The Labute approximate surface area is 343 Å². The Hall–Kier alpha value is -4.34. The van der Waals surface area contributed by atoms with Crippen LogP contribution in [0.3, 0.4) is 0 Å². The number of nitrogens with one attached hydrogen (secondary N) is 1. The van der Waals surface area contributed by atoms with Crippen molar-refractivity contribution in [3.63, 3.8) is 0 Å². The maximum Gasteiger partial charge on any atom is 0.330 e. The number of nitriles is 1. The van der Waals surface area contributed by atoms with Crippen LogP contribution in [0.2, 0.25) is 0 Å². The molecule has 2 aliphatic rings. The minimum absolute atomic E-state index is 0.0318. The zero-order valence-electron chi connectivity index (χ0n) is 35.0. The Kier molecular flexibility index (Phi) is 13.6. The Morgan fingerprint density at radius 1 is 0.931 bits per heavy atom. The molecule has 1 aromatic heterocycles. The molecule has 6 rings (SSSR count). The van der Waals surface area contributed by atoms with Crippen molar-refractivity contribution in [2.24, 2.45) is 17.8 Å². The molecule has 1 aliphatic carbocycles. The van der Waals surface area contributed by atoms with E-state index in [1.807, 2.05) is 66.7 Å². The molecule has 7 atom stereocenters. The first-order valence-corrected chi connectivity index (χ1v) is 21.2. The Bertz CT molecular complexity index is 2080. The number of aryl methyl sites for hydroxylation is 1. The quantitative estimate of drug-likeness (QED) is 0.0633. The van der Waals surface area contributed by atoms with Crippen molar-refractivity contribution < 1.29 is 28.0 Å². The minimum atomic E-state index is -1.74. The summed E-state index contributed by atoms with van der Waals surface area (Å²) in [4.78, 5) is 28.8. The van der Waals surface area contributed by atoms with Gasteiger partial charge >= 0.3 is 5.69 Å². The molecule has 58 heavy (non-hydrogen) atoms. The van der Waals surface area contributed by atoms with Gasteiger partial charge in [-0.3, -0.25) is 14.3 Å². The van der Waals surface area contributed by atoms with Crippen LogP contribution >= 0.6 is 8.53 Å². The molecule has 3 aromatic carbocycles. The number of aromatic nitrogens is 2. The molecule has 1 saturated heterocycles. The summed E-state index contributed by atoms with van der Waals surface area (Å²) >= 11 is 0. The number of H-pyrrole nitrogens is 1. The average Bonchev–Trinajstić information content (AvgIpc) is 3.48. The van der Waals surface area contributed by atoms with Crippen LogP contribution in [0.5, 0.6) is 11.5 Å². The number of ether oxygens (including phenoxy) is 4. The molecule has 0 amide bonds. The summed E-state index contributed by atoms with van der Waals surface area (Å²) < 4.78 is 43.7. The third kappa shape index (κ3) is 8.26. The van der Waals surface area contributed by atoms with Crippen LogP contribution in [0.15, 0.2) is 94.6 Å². The van der Waals surface area contributed by atoms with E-state index in [1.165, 1.54) is 4.57 Å². The number of benzene rings is 3. The summed E-state index contributed by atoms with van der Waals surface area (Å²) in [7, 11) is 1.55. The van der Waals surface area contributed by atoms with Crippen molar-refractivity contribution in [1.29, 1.82) is 5.26 Å². The lowest BCUT2D eigenvalue weighted by molar-refractivity contribution is -0.184. The fourth-order valence-electron chi connectivity index (χ4n) is 8.86. The van der Waals surface area contributed by atoms with Gasteiger partial charge in [-0.1, -0.05) is 68.4 Å². The standard InChI is InChI=1S/C45H57N4O8P/c1-29(2)49(30(3)4)58(55-25-13-24-46)57-40-39-31(5)26-33(7)44(40,56-42(39)48-27-32(6)41(50)47-43(48)51)28-54-45(34-14-11-10-12-15-34,35-16-20-37(52-8)21-17-35)36-18-22-38(53-9)23-19-36/h10-12,14-23,27,29-31,33,39-40,42H,13,25-26,28H2,1-9H3,(H,47,50,51)/t31-,33+,39?,40+,42-,44+,58?/m1/s1. The summed E-state index contributed by atoms with van der Waals surface area (Å²) in [5.41, 5.74) is -0.283. The Morgan fingerprint density at radius 3 is 2.03 bits per heavy atom. The molecular formula is C45H57N4O8P. The van der Waals surface area contributed by atoms with Gasteiger partial charge in [0.2, 0.25) is 0 Å². The number of hydrogen-bond donors (Lipinski definition) is 1. The van der Waals surface area contributed by atoms with E-state index in [9.17, 15) is 14.9 Å². The Balaban J connectivity index is 1.56. The van der Waals surface area contributed by atoms with Gasteiger partial charge in [-0.25, -0.2) is 9.46 Å². The van der Waals surface area contributed by atoms with Crippen molar-refractivity contribution >= 4 is 8.53 Å². The first kappa shape index (κ1) is 43.2. The van der Waals surface area contributed by atoms with Crippen LogP contribution in [0.25, 0.3) is 0 Å². The molecule has 13 heteroatoms. The SMILES string of the molecule is COc1ccc(C(OC[C@]23O[C@@H](n4cc(C)c(=O)[nH]c4=O)C([C@H](C)C[C@@H]2C)[C@@H]3OP(OCCC#N)N(C(C)C)C(C)C)(c2ccccc2)c2ccc(OC)cc2)cc1. The van der Waals surface area contributed by atoms with Crippen molar-refractivity contribution in [3.8, 4) is 17.6 Å². The number of rotatable bonds is 17. The second-order valence-electron chi connectivity index (χ2n) is 16.0. The number of methoxy groups -OCH3 is 2. The van der Waals surface area contributed by atoms with E-state index in [1.54, 1.807) is 27.3 Å². The molecule has 2 fully saturated rings. The zero-order valence-corrected chi connectivity index (χ0v) is 35.9. The summed E-state index contributed by atoms with van der Waals surface area (Å²) in [6, 6.07) is 28.2. The summed E-state index contributed by atoms with van der Waals surface area (Å²) in [6.07, 6.45) is 1.11. The molecular weight excluding hydrogens is 755 g/mol. The lowest BCUT2D eigenvalue weighted by Crippen LogP contribution is -2.57. The second kappa shape index (κ2) is 18.3. The first-order valence-electron chi connectivity index (χ1n) is 20.0. The number of nitrogens with zero attached hydrogens (tertiary/aromatic N) is 3. The van der Waals surface area contributed by atoms with Gasteiger partial charge in [0.25, 0.3) is 14.1 Å². The third-order valence-electron chi connectivity index (χ3n) is 11.7. The van der Waals surface area contributed by atoms with Gasteiger partial charge in [-0.2, -0.15) is 5.26 Å². The van der Waals surface area contributed by atoms with E-state index in [0.29, 0.717) is 17.1 Å². The van der Waals surface area contributed by atoms with Gasteiger partial charge in [0.15, 0.2) is 0 Å². The normalized spacial score (nSPS) is 23.6. The molecule has 2 bridgehead atoms. The van der Waals surface area contributed by atoms with Crippen molar-refractivity contribution in [3.05, 3.63) is 128 Å². The van der Waals surface area contributed by atoms with Gasteiger partial charge in [-0.15, -0.1) is 0 Å². The lowest BCUT2D eigenvalue weighted by atomic mass is 9.66. The number of fused-ring (bicyclic) bond motifs is 2. The third-order valence-corrected chi connectivity index (χ3v) is 13.8. The molecule has 310 valence electrons. The highest BCUT2D eigenvalue weighted by atomic mass is 31.2. The van der Waals surface area contributed by atoms with E-state index in [4.69, 9.17) is 28.0 Å². The highest BCUT2D eigenvalue weighted by Gasteiger charge is 2.65. The topological polar surface area (TPSA) is 137 Å². The minimum Gasteiger partial charge on any atom is -0.497 e. The monoisotopic (exact) mass is 812 g/mol. The molecule has 2 unspecified atom stereocenters. The van der Waals surface area contributed by atoms with Crippen molar-refractivity contribution in [2.45, 2.75) is 96.9 Å². The smallest absolute Gasteiger partial charge is 0.330 e. The van der Waals surface area contributed by atoms with Gasteiger partial charge in [0.05, 0.1) is 39.9 Å². The summed E-state index contributed by atoms with van der Waals surface area (Å²) in [5.74, 6) is 0.971. The molecule has 1 saturated carbocycles. The molecule has 1 aliphatic heterocycles. The first-order chi connectivity index (χ1) is 27.8. The zero-order chi connectivity index (χ0) is 41.8. The maximum absolute atomic E-state index is 13.7. The molecule has 0 spiro atoms. The highest BCUT2D eigenvalue weighted by molar-refractivity contribution is 7.44. The van der Waals surface area contributed by atoms with E-state index in [2.05, 4.69) is 69.4 Å². The van der Waals surface area contributed by atoms with Crippen LogP contribution in [0.1, 0.15) is 82.9 Å². The molecule has 1 N–H and O–H groups in total. The largest absolute Gasteiger partial charge is 0.497 e. The maximum atomic E-state index is 13.7. The van der Waals surface area contributed by atoms with Crippen molar-refractivity contribution in [2.75, 3.05) is 27.4 Å². The van der Waals surface area contributed by atoms with Gasteiger partial charge in [0, 0.05) is 29.8 Å². The van der Waals surface area contributed by atoms with Crippen molar-refractivity contribution in [1.82, 2.24) is 14.2 Å². The molecule has 4 aromatic rings. The highest BCUT2D eigenvalue weighted by Crippen LogP contribution is 2.61. The van der Waals surface area contributed by atoms with Crippen LogP contribution in [0.4, 0.5) is 0 Å².